The highest BCUT2D eigenvalue weighted by molar-refractivity contribution is 7.99. The van der Waals surface area contributed by atoms with Gasteiger partial charge in [-0.1, -0.05) is 55.2 Å². The predicted octanol–water partition coefficient (Wildman–Crippen LogP) is 5.47. The average Bonchev–Trinajstić information content (AvgIpc) is 2.79. The number of benzene rings is 2. The van der Waals surface area contributed by atoms with E-state index < -0.39 is 11.0 Å². The first-order valence-corrected chi connectivity index (χ1v) is 12.5. The van der Waals surface area contributed by atoms with Crippen LogP contribution in [0.1, 0.15) is 37.8 Å². The Morgan fingerprint density at radius 2 is 1.76 bits per heavy atom. The predicted molar refractivity (Wildman–Crippen MR) is 134 cm³/mol. The minimum Gasteiger partial charge on any atom is -0.354 e. The molecule has 0 spiro atoms. The maximum Gasteiger partial charge on any atom is 0.269 e. The van der Waals surface area contributed by atoms with Gasteiger partial charge in [-0.2, -0.15) is 0 Å². The van der Waals surface area contributed by atoms with Crippen molar-refractivity contribution in [2.24, 2.45) is 0 Å². The molecular weight excluding hydrogens is 485 g/mol. The van der Waals surface area contributed by atoms with E-state index >= 15 is 0 Å². The summed E-state index contributed by atoms with van der Waals surface area (Å²) >= 11 is 14.0. The van der Waals surface area contributed by atoms with E-state index in [1.165, 1.54) is 28.8 Å². The Morgan fingerprint density at radius 3 is 2.30 bits per heavy atom. The van der Waals surface area contributed by atoms with E-state index in [0.29, 0.717) is 34.3 Å². The third kappa shape index (κ3) is 7.91. The van der Waals surface area contributed by atoms with Crippen molar-refractivity contribution >= 4 is 52.5 Å². The van der Waals surface area contributed by atoms with Gasteiger partial charge in [0.05, 0.1) is 10.7 Å². The SMILES string of the molecule is CCCNC(=O)[C@H](CC)N(Cc1c(Cl)cccc1Cl)C(=O)CSCc1ccc([N+](=O)[O-])cc1. The summed E-state index contributed by atoms with van der Waals surface area (Å²) in [6.45, 7) is 4.46. The van der Waals surface area contributed by atoms with Gasteiger partial charge in [0.25, 0.3) is 5.69 Å². The van der Waals surface area contributed by atoms with Gasteiger partial charge in [-0.05, 0) is 30.5 Å². The first-order chi connectivity index (χ1) is 15.8. The Bertz CT molecular complexity index is 952. The van der Waals surface area contributed by atoms with Crippen molar-refractivity contribution < 1.29 is 14.5 Å². The molecule has 2 amide bonds. The lowest BCUT2D eigenvalue weighted by molar-refractivity contribution is -0.384. The minimum absolute atomic E-state index is 0.0199. The van der Waals surface area contributed by atoms with Crippen LogP contribution in [0.5, 0.6) is 0 Å². The second-order valence-corrected chi connectivity index (χ2v) is 9.15. The fraction of sp³-hybridized carbons (Fsp3) is 0.391. The molecular formula is C23H27Cl2N3O4S. The van der Waals surface area contributed by atoms with Crippen molar-refractivity contribution in [3.8, 4) is 0 Å². The number of thioether (sulfide) groups is 1. The zero-order valence-corrected chi connectivity index (χ0v) is 20.9. The van der Waals surface area contributed by atoms with Crippen LogP contribution in [0.3, 0.4) is 0 Å². The largest absolute Gasteiger partial charge is 0.354 e. The van der Waals surface area contributed by atoms with Gasteiger partial charge in [-0.3, -0.25) is 19.7 Å². The van der Waals surface area contributed by atoms with Gasteiger partial charge >= 0.3 is 0 Å². The van der Waals surface area contributed by atoms with Crippen LogP contribution in [0.2, 0.25) is 10.0 Å². The first-order valence-electron chi connectivity index (χ1n) is 10.6. The molecule has 2 rings (SSSR count). The molecule has 0 heterocycles. The second-order valence-electron chi connectivity index (χ2n) is 7.35. The smallest absolute Gasteiger partial charge is 0.269 e. The van der Waals surface area contributed by atoms with Crippen molar-refractivity contribution in [2.45, 2.75) is 45.0 Å². The standard InChI is InChI=1S/C23H27Cl2N3O4S/c1-3-12-26-23(30)21(4-2)27(13-18-19(24)6-5-7-20(18)25)22(29)15-33-14-16-8-10-17(11-9-16)28(31)32/h5-11,21H,3-4,12-15H2,1-2H3,(H,26,30)/t21-/m0/s1. The summed E-state index contributed by atoms with van der Waals surface area (Å²) in [6, 6.07) is 10.7. The van der Waals surface area contributed by atoms with E-state index in [1.54, 1.807) is 30.3 Å². The second kappa shape index (κ2) is 13.4. The van der Waals surface area contributed by atoms with Gasteiger partial charge in [0.1, 0.15) is 6.04 Å². The Kier molecular flexibility index (Phi) is 11.0. The fourth-order valence-electron chi connectivity index (χ4n) is 3.19. The number of halogens is 2. The highest BCUT2D eigenvalue weighted by Crippen LogP contribution is 2.27. The highest BCUT2D eigenvalue weighted by Gasteiger charge is 2.29. The summed E-state index contributed by atoms with van der Waals surface area (Å²) in [5.41, 5.74) is 1.48. The molecule has 178 valence electrons. The molecule has 0 unspecified atom stereocenters. The summed E-state index contributed by atoms with van der Waals surface area (Å²) in [5, 5.41) is 14.5. The van der Waals surface area contributed by atoms with Gasteiger partial charge in [-0.25, -0.2) is 0 Å². The van der Waals surface area contributed by atoms with Gasteiger partial charge in [0.2, 0.25) is 11.8 Å². The van der Waals surface area contributed by atoms with Gasteiger partial charge in [-0.15, -0.1) is 11.8 Å². The van der Waals surface area contributed by atoms with E-state index in [1.807, 2.05) is 13.8 Å². The molecule has 0 bridgehead atoms. The van der Waals surface area contributed by atoms with Crippen LogP contribution in [0.15, 0.2) is 42.5 Å². The third-order valence-corrected chi connectivity index (χ3v) is 6.66. The van der Waals surface area contributed by atoms with Crippen molar-refractivity contribution in [2.75, 3.05) is 12.3 Å². The zero-order valence-electron chi connectivity index (χ0n) is 18.6. The molecule has 2 aromatic rings. The number of hydrogen-bond acceptors (Lipinski definition) is 5. The minimum atomic E-state index is -0.656. The molecule has 0 saturated heterocycles. The molecule has 0 aliphatic rings. The number of nitrogens with zero attached hydrogens (tertiary/aromatic N) is 2. The Hall–Kier alpha value is -2.29. The highest BCUT2D eigenvalue weighted by atomic mass is 35.5. The maximum absolute atomic E-state index is 13.2. The normalized spacial score (nSPS) is 11.6. The zero-order chi connectivity index (χ0) is 24.4. The number of carbonyl (C=O) groups excluding carboxylic acids is 2. The van der Waals surface area contributed by atoms with Crippen LogP contribution < -0.4 is 5.32 Å². The molecule has 10 heteroatoms. The first kappa shape index (κ1) is 27.0. The molecule has 0 aliphatic carbocycles. The molecule has 33 heavy (non-hydrogen) atoms. The summed E-state index contributed by atoms with van der Waals surface area (Å²) < 4.78 is 0. The molecule has 2 aromatic carbocycles. The number of nitro benzene ring substituents is 1. The van der Waals surface area contributed by atoms with Crippen molar-refractivity contribution in [1.29, 1.82) is 0 Å². The van der Waals surface area contributed by atoms with E-state index in [9.17, 15) is 19.7 Å². The van der Waals surface area contributed by atoms with E-state index in [0.717, 1.165) is 12.0 Å². The number of carbonyl (C=O) groups is 2. The summed E-state index contributed by atoms with van der Waals surface area (Å²) in [4.78, 5) is 37.9. The lowest BCUT2D eigenvalue weighted by Crippen LogP contribution is -2.49. The van der Waals surface area contributed by atoms with Gasteiger partial charge < -0.3 is 10.2 Å². The lowest BCUT2D eigenvalue weighted by atomic mass is 10.1. The monoisotopic (exact) mass is 511 g/mol. The van der Waals surface area contributed by atoms with Crippen LogP contribution in [0, 0.1) is 10.1 Å². The number of rotatable bonds is 12. The van der Waals surface area contributed by atoms with Crippen LogP contribution >= 0.6 is 35.0 Å². The van der Waals surface area contributed by atoms with Gasteiger partial charge in [0.15, 0.2) is 0 Å². The topological polar surface area (TPSA) is 92.6 Å². The Morgan fingerprint density at radius 1 is 1.12 bits per heavy atom. The van der Waals surface area contributed by atoms with E-state index in [-0.39, 0.29) is 29.8 Å². The summed E-state index contributed by atoms with van der Waals surface area (Å²) in [6.07, 6.45) is 1.23. The van der Waals surface area contributed by atoms with E-state index in [4.69, 9.17) is 23.2 Å². The number of nitro groups is 1. The number of non-ortho nitro benzene ring substituents is 1. The van der Waals surface area contributed by atoms with Crippen LogP contribution in [0.25, 0.3) is 0 Å². The summed E-state index contributed by atoms with van der Waals surface area (Å²) in [5.74, 6) is 0.215. The van der Waals surface area contributed by atoms with Gasteiger partial charge in [0, 0.05) is 46.6 Å². The Balaban J connectivity index is 2.15. The summed E-state index contributed by atoms with van der Waals surface area (Å²) in [7, 11) is 0. The molecule has 0 aromatic heterocycles. The molecule has 1 N–H and O–H groups in total. The van der Waals surface area contributed by atoms with Crippen LogP contribution in [0.4, 0.5) is 5.69 Å². The van der Waals surface area contributed by atoms with Crippen molar-refractivity contribution in [3.05, 3.63) is 73.8 Å². The molecule has 7 nitrogen and oxygen atoms in total. The quantitative estimate of drug-likeness (QED) is 0.301. The number of nitrogens with one attached hydrogen (secondary N) is 1. The third-order valence-electron chi connectivity index (χ3n) is 4.97. The molecule has 0 aliphatic heterocycles. The fourth-order valence-corrected chi connectivity index (χ4v) is 4.58. The molecule has 0 saturated carbocycles. The Labute approximate surface area is 208 Å². The average molecular weight is 512 g/mol. The maximum atomic E-state index is 13.2. The molecule has 1 atom stereocenters. The molecule has 0 radical (unpaired) electrons. The van der Waals surface area contributed by atoms with Crippen LogP contribution in [-0.4, -0.2) is 40.0 Å². The van der Waals surface area contributed by atoms with Crippen molar-refractivity contribution in [1.82, 2.24) is 10.2 Å². The number of amides is 2. The molecule has 0 fully saturated rings. The van der Waals surface area contributed by atoms with E-state index in [2.05, 4.69) is 5.32 Å². The van der Waals surface area contributed by atoms with Crippen LogP contribution in [-0.2, 0) is 21.9 Å². The lowest BCUT2D eigenvalue weighted by Gasteiger charge is -2.31. The number of hydrogen-bond donors (Lipinski definition) is 1. The van der Waals surface area contributed by atoms with Crippen molar-refractivity contribution in [3.63, 3.8) is 0 Å².